The van der Waals surface area contributed by atoms with Crippen LogP contribution in [0.4, 0.5) is 13.2 Å². The second-order valence-corrected chi connectivity index (χ2v) is 7.37. The Kier molecular flexibility index (Phi) is 5.32. The van der Waals surface area contributed by atoms with Gasteiger partial charge in [-0.15, -0.1) is 0 Å². The lowest BCUT2D eigenvalue weighted by atomic mass is 9.93. The van der Waals surface area contributed by atoms with E-state index in [2.05, 4.69) is 14.7 Å². The SMILES string of the molecule is COC(=O)Cn1cc2c(n1)CN([C@H]1CO[C@H](c3cc(F)c(F)cc3F)[C@@H](N)C1)C2. The summed E-state index contributed by atoms with van der Waals surface area (Å²) in [5.41, 5.74) is 8.01. The van der Waals surface area contributed by atoms with Gasteiger partial charge in [0.2, 0.25) is 0 Å². The quantitative estimate of drug-likeness (QED) is 0.610. The Morgan fingerprint density at radius 2 is 2.03 bits per heavy atom. The third kappa shape index (κ3) is 3.87. The zero-order valence-corrected chi connectivity index (χ0v) is 15.8. The molecule has 4 rings (SSSR count). The molecule has 0 amide bonds. The minimum atomic E-state index is -1.24. The van der Waals surface area contributed by atoms with Crippen molar-refractivity contribution in [1.29, 1.82) is 0 Å². The number of carbonyl (C=O) groups excluding carboxylic acids is 1. The summed E-state index contributed by atoms with van der Waals surface area (Å²) in [7, 11) is 1.33. The van der Waals surface area contributed by atoms with Gasteiger partial charge in [-0.05, 0) is 12.5 Å². The summed E-state index contributed by atoms with van der Waals surface area (Å²) in [5, 5.41) is 4.41. The van der Waals surface area contributed by atoms with Crippen molar-refractivity contribution >= 4 is 5.97 Å². The van der Waals surface area contributed by atoms with E-state index in [1.807, 2.05) is 6.20 Å². The Morgan fingerprint density at radius 1 is 1.28 bits per heavy atom. The molecule has 1 aromatic carbocycles. The normalized spacial score (nSPS) is 24.5. The lowest BCUT2D eigenvalue weighted by molar-refractivity contribution is -0.141. The van der Waals surface area contributed by atoms with Crippen molar-refractivity contribution < 1.29 is 27.4 Å². The van der Waals surface area contributed by atoms with Gasteiger partial charge in [-0.3, -0.25) is 14.4 Å². The molecule has 0 bridgehead atoms. The number of esters is 1. The molecule has 29 heavy (non-hydrogen) atoms. The molecule has 2 N–H and O–H groups in total. The molecule has 0 aliphatic carbocycles. The van der Waals surface area contributed by atoms with Gasteiger partial charge >= 0.3 is 5.97 Å². The van der Waals surface area contributed by atoms with Gasteiger partial charge in [-0.1, -0.05) is 0 Å². The maximum Gasteiger partial charge on any atom is 0.327 e. The predicted octanol–water partition coefficient (Wildman–Crippen LogP) is 1.65. The number of ether oxygens (including phenoxy) is 2. The van der Waals surface area contributed by atoms with Gasteiger partial charge in [0, 0.05) is 48.6 Å². The van der Waals surface area contributed by atoms with Gasteiger partial charge < -0.3 is 15.2 Å². The van der Waals surface area contributed by atoms with E-state index in [9.17, 15) is 18.0 Å². The molecule has 1 aromatic heterocycles. The molecule has 10 heteroatoms. The van der Waals surface area contributed by atoms with Crippen LogP contribution in [0.1, 0.15) is 29.3 Å². The first-order valence-corrected chi connectivity index (χ1v) is 9.23. The van der Waals surface area contributed by atoms with Crippen molar-refractivity contribution in [1.82, 2.24) is 14.7 Å². The van der Waals surface area contributed by atoms with Crippen LogP contribution in [0.3, 0.4) is 0 Å². The number of benzene rings is 1. The summed E-state index contributed by atoms with van der Waals surface area (Å²) in [6, 6.07) is 0.739. The molecule has 7 nitrogen and oxygen atoms in total. The van der Waals surface area contributed by atoms with Crippen LogP contribution in [-0.4, -0.2) is 46.5 Å². The monoisotopic (exact) mass is 410 g/mol. The highest BCUT2D eigenvalue weighted by molar-refractivity contribution is 5.68. The molecule has 2 aliphatic heterocycles. The summed E-state index contributed by atoms with van der Waals surface area (Å²) in [6.07, 6.45) is 1.49. The van der Waals surface area contributed by atoms with Crippen LogP contribution in [-0.2, 0) is 33.9 Å². The minimum absolute atomic E-state index is 0.0159. The van der Waals surface area contributed by atoms with Gasteiger partial charge in [-0.25, -0.2) is 13.2 Å². The Hall–Kier alpha value is -2.43. The van der Waals surface area contributed by atoms with Gasteiger partial charge in [0.1, 0.15) is 18.5 Å². The fourth-order valence-corrected chi connectivity index (χ4v) is 3.95. The smallest absolute Gasteiger partial charge is 0.327 e. The Morgan fingerprint density at radius 3 is 2.72 bits per heavy atom. The molecule has 3 atom stereocenters. The highest BCUT2D eigenvalue weighted by Crippen LogP contribution is 2.34. The van der Waals surface area contributed by atoms with E-state index in [0.29, 0.717) is 25.6 Å². The van der Waals surface area contributed by atoms with Crippen molar-refractivity contribution in [2.75, 3.05) is 13.7 Å². The highest BCUT2D eigenvalue weighted by Gasteiger charge is 2.37. The van der Waals surface area contributed by atoms with E-state index >= 15 is 0 Å². The van der Waals surface area contributed by atoms with E-state index in [1.54, 1.807) is 4.68 Å². The molecule has 2 aromatic rings. The lowest BCUT2D eigenvalue weighted by Crippen LogP contribution is -2.47. The lowest BCUT2D eigenvalue weighted by Gasteiger charge is -2.38. The largest absolute Gasteiger partial charge is 0.468 e. The number of nitrogens with zero attached hydrogens (tertiary/aromatic N) is 3. The van der Waals surface area contributed by atoms with Crippen LogP contribution in [0.15, 0.2) is 18.3 Å². The first kappa shape index (κ1) is 19.9. The number of halogens is 3. The minimum Gasteiger partial charge on any atom is -0.468 e. The molecule has 1 fully saturated rings. The molecular formula is C19H21F3N4O3. The Labute approximate surface area is 165 Å². The van der Waals surface area contributed by atoms with E-state index in [-0.39, 0.29) is 30.7 Å². The van der Waals surface area contributed by atoms with Crippen LogP contribution in [0.25, 0.3) is 0 Å². The first-order valence-electron chi connectivity index (χ1n) is 9.23. The van der Waals surface area contributed by atoms with E-state index in [0.717, 1.165) is 17.3 Å². The first-order chi connectivity index (χ1) is 13.9. The number of aromatic nitrogens is 2. The second kappa shape index (κ2) is 7.77. The molecule has 1 saturated heterocycles. The summed E-state index contributed by atoms with van der Waals surface area (Å²) < 4.78 is 52.7. The summed E-state index contributed by atoms with van der Waals surface area (Å²) in [5.74, 6) is -3.62. The topological polar surface area (TPSA) is 82.6 Å². The maximum absolute atomic E-state index is 14.1. The number of carbonyl (C=O) groups is 1. The zero-order chi connectivity index (χ0) is 20.7. The van der Waals surface area contributed by atoms with Crippen molar-refractivity contribution in [3.8, 4) is 0 Å². The molecular weight excluding hydrogens is 389 g/mol. The molecule has 3 heterocycles. The summed E-state index contributed by atoms with van der Waals surface area (Å²) in [4.78, 5) is 13.5. The van der Waals surface area contributed by atoms with Gasteiger partial charge in [0.15, 0.2) is 11.6 Å². The number of hydrogen-bond acceptors (Lipinski definition) is 6. The average molecular weight is 410 g/mol. The van der Waals surface area contributed by atoms with Crippen LogP contribution < -0.4 is 5.73 Å². The maximum atomic E-state index is 14.1. The second-order valence-electron chi connectivity index (χ2n) is 7.37. The standard InChI is InChI=1S/C19H21F3N4O3/c1-28-18(27)8-26-6-10-5-25(7-17(10)24-26)11-2-16(23)19(29-9-11)12-3-14(21)15(22)4-13(12)20/h3-4,6,11,16,19H,2,5,7-9,23H2,1H3/t11-,16+,19-/m1/s1. The van der Waals surface area contributed by atoms with Crippen LogP contribution in [0, 0.1) is 17.5 Å². The fourth-order valence-electron chi connectivity index (χ4n) is 3.95. The van der Waals surface area contributed by atoms with Crippen LogP contribution >= 0.6 is 0 Å². The number of hydrogen-bond donors (Lipinski definition) is 1. The molecule has 0 unspecified atom stereocenters. The molecule has 0 spiro atoms. The van der Waals surface area contributed by atoms with Crippen LogP contribution in [0.2, 0.25) is 0 Å². The van der Waals surface area contributed by atoms with Gasteiger partial charge in [-0.2, -0.15) is 5.10 Å². The highest BCUT2D eigenvalue weighted by atomic mass is 19.2. The van der Waals surface area contributed by atoms with E-state index in [4.69, 9.17) is 10.5 Å². The van der Waals surface area contributed by atoms with Crippen molar-refractivity contribution in [3.63, 3.8) is 0 Å². The predicted molar refractivity (Wildman–Crippen MR) is 94.9 cm³/mol. The van der Waals surface area contributed by atoms with Crippen molar-refractivity contribution in [2.24, 2.45) is 5.73 Å². The van der Waals surface area contributed by atoms with Gasteiger partial charge in [0.25, 0.3) is 0 Å². The molecule has 2 aliphatic rings. The fraction of sp³-hybridized carbons (Fsp3) is 0.474. The third-order valence-corrected chi connectivity index (χ3v) is 5.43. The number of fused-ring (bicyclic) bond motifs is 1. The average Bonchev–Trinajstić information content (AvgIpc) is 3.23. The van der Waals surface area contributed by atoms with Crippen molar-refractivity contribution in [3.05, 3.63) is 52.6 Å². The summed E-state index contributed by atoms with van der Waals surface area (Å²) in [6.45, 7) is 1.54. The zero-order valence-electron chi connectivity index (χ0n) is 15.8. The van der Waals surface area contributed by atoms with E-state index in [1.165, 1.54) is 7.11 Å². The van der Waals surface area contributed by atoms with Crippen LogP contribution in [0.5, 0.6) is 0 Å². The van der Waals surface area contributed by atoms with Gasteiger partial charge in [0.05, 0.1) is 19.4 Å². The summed E-state index contributed by atoms with van der Waals surface area (Å²) >= 11 is 0. The Bertz CT molecular complexity index is 912. The van der Waals surface area contributed by atoms with E-state index < -0.39 is 29.6 Å². The Balaban J connectivity index is 1.40. The molecule has 0 saturated carbocycles. The number of rotatable bonds is 4. The molecule has 156 valence electrons. The van der Waals surface area contributed by atoms with Crippen molar-refractivity contribution in [2.45, 2.75) is 44.2 Å². The number of methoxy groups -OCH3 is 1. The molecule has 0 radical (unpaired) electrons. The third-order valence-electron chi connectivity index (χ3n) is 5.43. The number of nitrogens with two attached hydrogens (primary N) is 1.